The van der Waals surface area contributed by atoms with Gasteiger partial charge in [-0.3, -0.25) is 24.1 Å². The highest BCUT2D eigenvalue weighted by Gasteiger charge is 2.41. The molecule has 1 fully saturated rings. The summed E-state index contributed by atoms with van der Waals surface area (Å²) in [6.07, 6.45) is 0.474. The molecular formula is C25H25N3O4S. The Morgan fingerprint density at radius 3 is 2.27 bits per heavy atom. The van der Waals surface area contributed by atoms with Gasteiger partial charge in [-0.05, 0) is 23.3 Å². The van der Waals surface area contributed by atoms with Crippen LogP contribution in [0.5, 0.6) is 0 Å². The van der Waals surface area contributed by atoms with Gasteiger partial charge in [0.1, 0.15) is 6.04 Å². The summed E-state index contributed by atoms with van der Waals surface area (Å²) >= 11 is 1.71. The van der Waals surface area contributed by atoms with Crippen LogP contribution in [0.3, 0.4) is 0 Å². The van der Waals surface area contributed by atoms with Crippen LogP contribution in [0.4, 0.5) is 0 Å². The summed E-state index contributed by atoms with van der Waals surface area (Å²) in [4.78, 5) is 57.1. The molecule has 0 aromatic heterocycles. The van der Waals surface area contributed by atoms with Crippen LogP contribution in [0.15, 0.2) is 48.5 Å². The standard InChI is InChI=1S/C25H25N3O4S/c1-16(13-28-23(30)19-8-4-5-9-20(19)24(28)31)22(29)27-14-18-7-3-2-6-17(18)12-21(27)25(32)26-10-11-33-15-26/h2-9,16,21H,10-15H2,1H3/t16-,21+/m1/s1. The van der Waals surface area contributed by atoms with Crippen molar-refractivity contribution in [3.8, 4) is 0 Å². The Morgan fingerprint density at radius 1 is 1.00 bits per heavy atom. The van der Waals surface area contributed by atoms with Crippen LogP contribution < -0.4 is 0 Å². The number of hydrogen-bond acceptors (Lipinski definition) is 5. The molecule has 0 aliphatic carbocycles. The van der Waals surface area contributed by atoms with Gasteiger partial charge in [-0.1, -0.05) is 43.3 Å². The van der Waals surface area contributed by atoms with E-state index in [4.69, 9.17) is 0 Å². The lowest BCUT2D eigenvalue weighted by atomic mass is 9.92. The molecule has 4 amide bonds. The Labute approximate surface area is 196 Å². The van der Waals surface area contributed by atoms with Crippen LogP contribution in [0.2, 0.25) is 0 Å². The van der Waals surface area contributed by atoms with E-state index in [1.807, 2.05) is 29.2 Å². The Bertz CT molecular complexity index is 1110. The maximum atomic E-state index is 13.6. The van der Waals surface area contributed by atoms with Gasteiger partial charge < -0.3 is 9.80 Å². The summed E-state index contributed by atoms with van der Waals surface area (Å²) in [5.41, 5.74) is 2.85. The van der Waals surface area contributed by atoms with E-state index in [2.05, 4.69) is 0 Å². The predicted octanol–water partition coefficient (Wildman–Crippen LogP) is 2.41. The molecule has 170 valence electrons. The van der Waals surface area contributed by atoms with E-state index in [9.17, 15) is 19.2 Å². The molecule has 0 saturated carbocycles. The van der Waals surface area contributed by atoms with E-state index in [0.717, 1.165) is 21.8 Å². The van der Waals surface area contributed by atoms with Gasteiger partial charge in [0.15, 0.2) is 0 Å². The highest BCUT2D eigenvalue weighted by atomic mass is 32.2. The van der Waals surface area contributed by atoms with Gasteiger partial charge in [0.2, 0.25) is 11.8 Å². The zero-order chi connectivity index (χ0) is 23.1. The topological polar surface area (TPSA) is 78.0 Å². The number of benzene rings is 2. The van der Waals surface area contributed by atoms with E-state index in [0.29, 0.717) is 36.5 Å². The molecule has 3 aliphatic rings. The molecule has 5 rings (SSSR count). The van der Waals surface area contributed by atoms with Gasteiger partial charge >= 0.3 is 0 Å². The second kappa shape index (κ2) is 8.67. The minimum absolute atomic E-state index is 0.0101. The van der Waals surface area contributed by atoms with Crippen LogP contribution in [0.25, 0.3) is 0 Å². The largest absolute Gasteiger partial charge is 0.331 e. The SMILES string of the molecule is C[C@H](CN1C(=O)c2ccccc2C1=O)C(=O)N1Cc2ccccc2C[C@H]1C(=O)N1CCSC1. The van der Waals surface area contributed by atoms with Gasteiger partial charge in [-0.25, -0.2) is 0 Å². The number of imide groups is 1. The average Bonchev–Trinajstić information content (AvgIpc) is 3.46. The van der Waals surface area contributed by atoms with Gasteiger partial charge in [0.05, 0.1) is 22.9 Å². The molecule has 0 bridgehead atoms. The summed E-state index contributed by atoms with van der Waals surface area (Å²) in [5, 5.41) is 0. The van der Waals surface area contributed by atoms with Crippen molar-refractivity contribution in [2.75, 3.05) is 24.7 Å². The molecule has 0 spiro atoms. The number of fused-ring (bicyclic) bond motifs is 2. The number of carbonyl (C=O) groups is 4. The first kappa shape index (κ1) is 21.7. The molecule has 3 aliphatic heterocycles. The highest BCUT2D eigenvalue weighted by Crippen LogP contribution is 2.29. The normalized spacial score (nSPS) is 20.6. The van der Waals surface area contributed by atoms with Crippen molar-refractivity contribution in [2.45, 2.75) is 25.9 Å². The monoisotopic (exact) mass is 463 g/mol. The van der Waals surface area contributed by atoms with E-state index < -0.39 is 12.0 Å². The fourth-order valence-corrected chi connectivity index (χ4v) is 5.77. The third kappa shape index (κ3) is 3.82. The van der Waals surface area contributed by atoms with Crippen molar-refractivity contribution in [1.29, 1.82) is 0 Å². The summed E-state index contributed by atoms with van der Waals surface area (Å²) in [6, 6.07) is 14.0. The van der Waals surface area contributed by atoms with Crippen LogP contribution in [0.1, 0.15) is 38.8 Å². The van der Waals surface area contributed by atoms with Crippen LogP contribution >= 0.6 is 11.8 Å². The maximum absolute atomic E-state index is 13.6. The number of carbonyl (C=O) groups excluding carboxylic acids is 4. The lowest BCUT2D eigenvalue weighted by Gasteiger charge is -2.39. The first-order chi connectivity index (χ1) is 16.0. The molecule has 2 aromatic rings. The fourth-order valence-electron chi connectivity index (χ4n) is 4.81. The molecule has 1 saturated heterocycles. The zero-order valence-electron chi connectivity index (χ0n) is 18.4. The number of hydrogen-bond donors (Lipinski definition) is 0. The zero-order valence-corrected chi connectivity index (χ0v) is 19.2. The van der Waals surface area contributed by atoms with Gasteiger partial charge in [-0.15, -0.1) is 11.8 Å². The highest BCUT2D eigenvalue weighted by molar-refractivity contribution is 7.99. The molecular weight excluding hydrogens is 438 g/mol. The average molecular weight is 464 g/mol. The third-order valence-corrected chi connectivity index (χ3v) is 7.60. The minimum atomic E-state index is -0.624. The lowest BCUT2D eigenvalue weighted by Crippen LogP contribution is -2.55. The van der Waals surface area contributed by atoms with Crippen LogP contribution in [-0.2, 0) is 22.6 Å². The lowest BCUT2D eigenvalue weighted by molar-refractivity contribution is -0.148. The Kier molecular flexibility index (Phi) is 5.70. The van der Waals surface area contributed by atoms with Crippen molar-refractivity contribution in [3.63, 3.8) is 0 Å². The van der Waals surface area contributed by atoms with E-state index in [-0.39, 0.29) is 30.2 Å². The molecule has 7 nitrogen and oxygen atoms in total. The Balaban J connectivity index is 1.38. The summed E-state index contributed by atoms with van der Waals surface area (Å²) in [5.74, 6) is -0.0763. The summed E-state index contributed by atoms with van der Waals surface area (Å²) in [6.45, 7) is 2.75. The minimum Gasteiger partial charge on any atom is -0.331 e. The van der Waals surface area contributed by atoms with Crippen molar-refractivity contribution in [1.82, 2.24) is 14.7 Å². The quantitative estimate of drug-likeness (QED) is 0.651. The van der Waals surface area contributed by atoms with Crippen molar-refractivity contribution >= 4 is 35.4 Å². The molecule has 2 atom stereocenters. The van der Waals surface area contributed by atoms with Crippen molar-refractivity contribution < 1.29 is 19.2 Å². The number of thioether (sulfide) groups is 1. The first-order valence-electron chi connectivity index (χ1n) is 11.1. The molecule has 33 heavy (non-hydrogen) atoms. The second-order valence-electron chi connectivity index (χ2n) is 8.76. The van der Waals surface area contributed by atoms with Crippen LogP contribution in [0, 0.1) is 5.92 Å². The molecule has 8 heteroatoms. The van der Waals surface area contributed by atoms with E-state index in [1.54, 1.807) is 47.9 Å². The second-order valence-corrected chi connectivity index (χ2v) is 9.84. The molecule has 0 unspecified atom stereocenters. The molecule has 0 N–H and O–H groups in total. The Morgan fingerprint density at radius 2 is 1.64 bits per heavy atom. The maximum Gasteiger partial charge on any atom is 0.261 e. The smallest absolute Gasteiger partial charge is 0.261 e. The number of nitrogens with zero attached hydrogens (tertiary/aromatic N) is 3. The van der Waals surface area contributed by atoms with Gasteiger partial charge in [-0.2, -0.15) is 0 Å². The van der Waals surface area contributed by atoms with E-state index >= 15 is 0 Å². The van der Waals surface area contributed by atoms with Crippen molar-refractivity contribution in [2.24, 2.45) is 5.92 Å². The molecule has 3 heterocycles. The van der Waals surface area contributed by atoms with Crippen molar-refractivity contribution in [3.05, 3.63) is 70.8 Å². The van der Waals surface area contributed by atoms with Gasteiger partial charge in [0, 0.05) is 31.8 Å². The van der Waals surface area contributed by atoms with Crippen LogP contribution in [-0.4, -0.2) is 69.1 Å². The fraction of sp³-hybridized carbons (Fsp3) is 0.360. The molecule has 2 aromatic carbocycles. The third-order valence-electron chi connectivity index (χ3n) is 6.64. The van der Waals surface area contributed by atoms with E-state index in [1.165, 1.54) is 0 Å². The number of amides is 4. The Hall–Kier alpha value is -3.13. The summed E-state index contributed by atoms with van der Waals surface area (Å²) < 4.78 is 0. The summed E-state index contributed by atoms with van der Waals surface area (Å²) in [7, 11) is 0. The predicted molar refractivity (Wildman–Crippen MR) is 124 cm³/mol. The number of rotatable bonds is 4. The van der Waals surface area contributed by atoms with Gasteiger partial charge in [0.25, 0.3) is 11.8 Å². The molecule has 0 radical (unpaired) electrons. The first-order valence-corrected chi connectivity index (χ1v) is 12.3.